The van der Waals surface area contributed by atoms with E-state index in [4.69, 9.17) is 0 Å². The molecule has 8 nitrogen and oxygen atoms in total. The number of carbonyl (C=O) groups is 1. The van der Waals surface area contributed by atoms with Crippen molar-refractivity contribution >= 4 is 11.6 Å². The van der Waals surface area contributed by atoms with E-state index in [1.165, 1.54) is 0 Å². The van der Waals surface area contributed by atoms with Crippen LogP contribution >= 0.6 is 0 Å². The maximum Gasteiger partial charge on any atom is 0.273 e. The van der Waals surface area contributed by atoms with Crippen molar-refractivity contribution in [3.63, 3.8) is 0 Å². The van der Waals surface area contributed by atoms with Crippen LogP contribution in [0.2, 0.25) is 0 Å². The largest absolute Gasteiger partial charge is 0.321 e. The van der Waals surface area contributed by atoms with Gasteiger partial charge in [-0.3, -0.25) is 14.9 Å². The normalized spacial score (nSPS) is 11.0. The smallest absolute Gasteiger partial charge is 0.273 e. The second kappa shape index (κ2) is 7.43. The molecule has 0 bridgehead atoms. The first-order valence-corrected chi connectivity index (χ1v) is 8.90. The van der Waals surface area contributed by atoms with Crippen LogP contribution in [-0.2, 0) is 0 Å². The maximum atomic E-state index is 12.6. The molecular weight excluding hydrogens is 354 g/mol. The zero-order chi connectivity index (χ0) is 19.5. The lowest BCUT2D eigenvalue weighted by atomic mass is 10.1. The predicted molar refractivity (Wildman–Crippen MR) is 106 cm³/mol. The molecule has 0 spiro atoms. The van der Waals surface area contributed by atoms with Crippen LogP contribution in [0, 0.1) is 0 Å². The number of aromatic nitrogens is 6. The second-order valence-corrected chi connectivity index (χ2v) is 6.57. The molecule has 4 rings (SSSR count). The van der Waals surface area contributed by atoms with E-state index < -0.39 is 0 Å². The molecule has 0 fully saturated rings. The molecule has 0 aliphatic rings. The highest BCUT2D eigenvalue weighted by Crippen LogP contribution is 2.22. The summed E-state index contributed by atoms with van der Waals surface area (Å²) < 4.78 is 1.93. The van der Waals surface area contributed by atoms with Gasteiger partial charge >= 0.3 is 0 Å². The zero-order valence-electron chi connectivity index (χ0n) is 15.5. The third-order valence-electron chi connectivity index (χ3n) is 4.27. The van der Waals surface area contributed by atoms with Gasteiger partial charge in [-0.05, 0) is 32.0 Å². The van der Waals surface area contributed by atoms with Crippen molar-refractivity contribution in [2.45, 2.75) is 19.9 Å². The molecule has 1 amide bonds. The Morgan fingerprint density at radius 2 is 1.93 bits per heavy atom. The van der Waals surface area contributed by atoms with Gasteiger partial charge in [0.15, 0.2) is 5.82 Å². The van der Waals surface area contributed by atoms with E-state index in [-0.39, 0.29) is 11.9 Å². The van der Waals surface area contributed by atoms with E-state index >= 15 is 0 Å². The summed E-state index contributed by atoms with van der Waals surface area (Å²) in [5, 5.41) is 18.0. The van der Waals surface area contributed by atoms with Gasteiger partial charge in [-0.2, -0.15) is 5.10 Å². The van der Waals surface area contributed by atoms with Crippen molar-refractivity contribution in [3.05, 3.63) is 66.7 Å². The molecule has 140 valence electrons. The molecule has 3 aromatic heterocycles. The van der Waals surface area contributed by atoms with Crippen LogP contribution < -0.4 is 5.32 Å². The Bertz CT molecular complexity index is 1100. The summed E-state index contributed by atoms with van der Waals surface area (Å²) in [7, 11) is 0. The molecule has 0 atom stereocenters. The highest BCUT2D eigenvalue weighted by atomic mass is 16.1. The lowest BCUT2D eigenvalue weighted by molar-refractivity contribution is 0.102. The number of anilines is 1. The summed E-state index contributed by atoms with van der Waals surface area (Å²) in [5.41, 5.74) is 3.29. The van der Waals surface area contributed by atoms with E-state index in [0.29, 0.717) is 28.6 Å². The van der Waals surface area contributed by atoms with Crippen LogP contribution in [0.5, 0.6) is 0 Å². The number of benzene rings is 1. The lowest BCUT2D eigenvalue weighted by Crippen LogP contribution is -2.12. The first-order chi connectivity index (χ1) is 13.6. The quantitative estimate of drug-likeness (QED) is 0.557. The fourth-order valence-electron chi connectivity index (χ4n) is 2.83. The summed E-state index contributed by atoms with van der Waals surface area (Å²) in [6, 6.07) is 15.1. The summed E-state index contributed by atoms with van der Waals surface area (Å²) in [4.78, 5) is 16.9. The maximum absolute atomic E-state index is 12.6. The van der Waals surface area contributed by atoms with Gasteiger partial charge in [0.2, 0.25) is 0 Å². The Balaban J connectivity index is 1.54. The van der Waals surface area contributed by atoms with Gasteiger partial charge < -0.3 is 9.88 Å². The van der Waals surface area contributed by atoms with E-state index in [9.17, 15) is 4.79 Å². The molecular formula is C20H19N7O. The minimum Gasteiger partial charge on any atom is -0.321 e. The molecule has 0 saturated carbocycles. The van der Waals surface area contributed by atoms with Crippen LogP contribution in [0.1, 0.15) is 30.4 Å². The van der Waals surface area contributed by atoms with Crippen molar-refractivity contribution in [2.75, 3.05) is 5.32 Å². The van der Waals surface area contributed by atoms with Crippen LogP contribution in [0.25, 0.3) is 22.8 Å². The van der Waals surface area contributed by atoms with Gasteiger partial charge in [-0.15, -0.1) is 10.2 Å². The van der Waals surface area contributed by atoms with Crippen molar-refractivity contribution in [2.24, 2.45) is 0 Å². The molecule has 0 aliphatic heterocycles. The van der Waals surface area contributed by atoms with Crippen molar-refractivity contribution in [1.82, 2.24) is 29.9 Å². The fraction of sp³-hybridized carbons (Fsp3) is 0.150. The average Bonchev–Trinajstić information content (AvgIpc) is 3.39. The zero-order valence-corrected chi connectivity index (χ0v) is 15.5. The molecule has 28 heavy (non-hydrogen) atoms. The van der Waals surface area contributed by atoms with Crippen LogP contribution in [0.15, 0.2) is 61.1 Å². The van der Waals surface area contributed by atoms with Crippen molar-refractivity contribution < 1.29 is 4.79 Å². The number of rotatable bonds is 5. The summed E-state index contributed by atoms with van der Waals surface area (Å²) in [6.45, 7) is 4.09. The third kappa shape index (κ3) is 3.52. The van der Waals surface area contributed by atoms with E-state index in [1.54, 1.807) is 30.7 Å². The van der Waals surface area contributed by atoms with Gasteiger partial charge in [-0.25, -0.2) is 0 Å². The number of nitrogens with zero attached hydrogens (tertiary/aromatic N) is 5. The Hall–Kier alpha value is -3.81. The van der Waals surface area contributed by atoms with E-state index in [2.05, 4.69) is 30.7 Å². The molecule has 2 N–H and O–H groups in total. The Morgan fingerprint density at radius 3 is 2.71 bits per heavy atom. The molecule has 0 aliphatic carbocycles. The average molecular weight is 373 g/mol. The Labute approximate surface area is 161 Å². The molecule has 8 heteroatoms. The van der Waals surface area contributed by atoms with Gasteiger partial charge in [0.1, 0.15) is 17.7 Å². The highest BCUT2D eigenvalue weighted by molar-refractivity contribution is 6.03. The van der Waals surface area contributed by atoms with E-state index in [1.807, 2.05) is 48.7 Å². The number of pyridine rings is 1. The SMILES string of the molecule is CC(C)n1cnnc1-c1cc(NC(=O)c2cc(-c3ccccc3)n[nH]2)ccn1. The fourth-order valence-corrected chi connectivity index (χ4v) is 2.83. The first-order valence-electron chi connectivity index (χ1n) is 8.90. The van der Waals surface area contributed by atoms with Gasteiger partial charge in [-0.1, -0.05) is 30.3 Å². The van der Waals surface area contributed by atoms with Gasteiger partial charge in [0, 0.05) is 23.5 Å². The number of H-pyrrole nitrogens is 1. The molecule has 0 radical (unpaired) electrons. The lowest BCUT2D eigenvalue weighted by Gasteiger charge is -2.10. The minimum absolute atomic E-state index is 0.200. The summed E-state index contributed by atoms with van der Waals surface area (Å²) in [5.74, 6) is 0.371. The molecule has 0 unspecified atom stereocenters. The first kappa shape index (κ1) is 17.6. The van der Waals surface area contributed by atoms with E-state index in [0.717, 1.165) is 5.56 Å². The number of nitrogens with one attached hydrogen (secondary N) is 2. The predicted octanol–water partition coefficient (Wildman–Crippen LogP) is 3.56. The number of hydrogen-bond acceptors (Lipinski definition) is 5. The minimum atomic E-state index is -0.280. The molecule has 3 heterocycles. The Morgan fingerprint density at radius 1 is 1.11 bits per heavy atom. The third-order valence-corrected chi connectivity index (χ3v) is 4.27. The number of hydrogen-bond donors (Lipinski definition) is 2. The van der Waals surface area contributed by atoms with Crippen molar-refractivity contribution in [3.8, 4) is 22.8 Å². The molecule has 0 saturated heterocycles. The number of carbonyl (C=O) groups excluding carboxylic acids is 1. The van der Waals surface area contributed by atoms with Gasteiger partial charge in [0.05, 0.1) is 5.69 Å². The summed E-state index contributed by atoms with van der Waals surface area (Å²) >= 11 is 0. The topological polar surface area (TPSA) is 101 Å². The van der Waals surface area contributed by atoms with Crippen LogP contribution in [0.4, 0.5) is 5.69 Å². The van der Waals surface area contributed by atoms with Gasteiger partial charge in [0.25, 0.3) is 5.91 Å². The van der Waals surface area contributed by atoms with Crippen molar-refractivity contribution in [1.29, 1.82) is 0 Å². The highest BCUT2D eigenvalue weighted by Gasteiger charge is 2.14. The standard InChI is InChI=1S/C20H19N7O/c1-13(2)27-12-22-26-19(27)17-10-15(8-9-21-17)23-20(28)18-11-16(24-25-18)14-6-4-3-5-7-14/h3-13H,1-2H3,(H,24,25)(H,21,23,28). The summed E-state index contributed by atoms with van der Waals surface area (Å²) in [6.07, 6.45) is 3.30. The second-order valence-electron chi connectivity index (χ2n) is 6.57. The van der Waals surface area contributed by atoms with Crippen LogP contribution in [0.3, 0.4) is 0 Å². The molecule has 4 aromatic rings. The number of aromatic amines is 1. The Kier molecular flexibility index (Phi) is 4.67. The van der Waals surface area contributed by atoms with Crippen LogP contribution in [-0.4, -0.2) is 35.9 Å². The monoisotopic (exact) mass is 373 g/mol. The number of amides is 1. The molecule has 1 aromatic carbocycles.